The van der Waals surface area contributed by atoms with E-state index in [0.717, 1.165) is 0 Å². The van der Waals surface area contributed by atoms with Gasteiger partial charge in [0.1, 0.15) is 0 Å². The molecule has 98 valence electrons. The lowest BCUT2D eigenvalue weighted by molar-refractivity contribution is 0.0697. The van der Waals surface area contributed by atoms with E-state index in [1.54, 1.807) is 0 Å². The zero-order chi connectivity index (χ0) is 14.0. The van der Waals surface area contributed by atoms with Crippen molar-refractivity contribution in [1.82, 2.24) is 15.2 Å². The number of aromatic carboxylic acids is 1. The van der Waals surface area contributed by atoms with Gasteiger partial charge in [-0.3, -0.25) is 9.78 Å². The molecule has 2 rings (SSSR count). The minimum absolute atomic E-state index is 0.0129. The third kappa shape index (κ3) is 2.80. The molecule has 0 saturated heterocycles. The fraction of sp³-hybridized carbons (Fsp3) is 0. The average Bonchev–Trinajstić information content (AvgIpc) is 2.34. The molecule has 0 atom stereocenters. The Hall–Kier alpha value is -2.61. The first-order valence-electron chi connectivity index (χ1n) is 4.96. The van der Waals surface area contributed by atoms with Gasteiger partial charge in [0, 0.05) is 0 Å². The number of halogens is 1. The molecule has 4 N–H and O–H groups in total. The molecule has 0 bridgehead atoms. The summed E-state index contributed by atoms with van der Waals surface area (Å²) in [4.78, 5) is 34.9. The van der Waals surface area contributed by atoms with Crippen LogP contribution in [0.25, 0.3) is 0 Å². The summed E-state index contributed by atoms with van der Waals surface area (Å²) in [5.74, 6) is -1.28. The molecule has 19 heavy (non-hydrogen) atoms. The van der Waals surface area contributed by atoms with Crippen molar-refractivity contribution in [1.29, 1.82) is 0 Å². The predicted octanol–water partition coefficient (Wildman–Crippen LogP) is 0.553. The fourth-order valence-electron chi connectivity index (χ4n) is 1.31. The Morgan fingerprint density at radius 2 is 2.11 bits per heavy atom. The van der Waals surface area contributed by atoms with Crippen LogP contribution in [0.4, 0.5) is 11.5 Å². The van der Waals surface area contributed by atoms with E-state index in [-0.39, 0.29) is 22.1 Å². The van der Waals surface area contributed by atoms with Crippen LogP contribution in [0.15, 0.2) is 27.8 Å². The van der Waals surface area contributed by atoms with Crippen molar-refractivity contribution >= 4 is 29.1 Å². The van der Waals surface area contributed by atoms with E-state index in [0.29, 0.717) is 0 Å². The highest BCUT2D eigenvalue weighted by Gasteiger charge is 2.09. The quantitative estimate of drug-likeness (QED) is 0.651. The largest absolute Gasteiger partial charge is 0.478 e. The molecule has 0 saturated carbocycles. The van der Waals surface area contributed by atoms with Crippen molar-refractivity contribution in [3.8, 4) is 0 Å². The van der Waals surface area contributed by atoms with E-state index in [2.05, 4.69) is 10.4 Å². The standard InChI is InChI=1S/C10H7ClN4O4/c11-5-3-4(9(17)18)1-2-6(5)12-7-8(16)13-10(19)15-14-7/h1-3H,(H,12,14)(H,17,18)(H2,13,15,16,19). The van der Waals surface area contributed by atoms with Crippen LogP contribution in [0.5, 0.6) is 0 Å². The lowest BCUT2D eigenvalue weighted by Crippen LogP contribution is -2.25. The Balaban J connectivity index is 2.36. The number of H-pyrrole nitrogens is 2. The number of benzene rings is 1. The number of hydrogen-bond donors (Lipinski definition) is 4. The summed E-state index contributed by atoms with van der Waals surface area (Å²) in [7, 11) is 0. The fourth-order valence-corrected chi connectivity index (χ4v) is 1.54. The lowest BCUT2D eigenvalue weighted by Gasteiger charge is -2.06. The van der Waals surface area contributed by atoms with Gasteiger partial charge in [0.15, 0.2) is 0 Å². The minimum Gasteiger partial charge on any atom is -0.478 e. The van der Waals surface area contributed by atoms with Crippen LogP contribution in [0, 0.1) is 0 Å². The summed E-state index contributed by atoms with van der Waals surface area (Å²) in [6.45, 7) is 0. The highest BCUT2D eigenvalue weighted by molar-refractivity contribution is 6.33. The number of carboxylic acid groups (broad SMARTS) is 1. The second-order valence-electron chi connectivity index (χ2n) is 3.48. The number of hydrogen-bond acceptors (Lipinski definition) is 5. The van der Waals surface area contributed by atoms with Crippen LogP contribution in [-0.4, -0.2) is 26.3 Å². The monoisotopic (exact) mass is 282 g/mol. The Labute approximate surface area is 110 Å². The summed E-state index contributed by atoms with van der Waals surface area (Å²) < 4.78 is 0. The molecule has 9 heteroatoms. The Morgan fingerprint density at radius 1 is 1.37 bits per heavy atom. The second kappa shape index (κ2) is 4.94. The molecule has 0 fully saturated rings. The molecule has 0 aliphatic heterocycles. The Bertz CT molecular complexity index is 752. The van der Waals surface area contributed by atoms with E-state index in [1.807, 2.05) is 10.1 Å². The number of carboxylic acids is 1. The molecule has 0 radical (unpaired) electrons. The maximum Gasteiger partial charge on any atom is 0.342 e. The van der Waals surface area contributed by atoms with Gasteiger partial charge in [-0.2, -0.15) is 0 Å². The van der Waals surface area contributed by atoms with Crippen molar-refractivity contribution in [2.45, 2.75) is 0 Å². The first-order valence-corrected chi connectivity index (χ1v) is 5.34. The Morgan fingerprint density at radius 3 is 2.68 bits per heavy atom. The van der Waals surface area contributed by atoms with E-state index in [1.165, 1.54) is 18.2 Å². The number of anilines is 2. The molecular formula is C10H7ClN4O4. The number of nitrogens with one attached hydrogen (secondary N) is 3. The van der Waals surface area contributed by atoms with Gasteiger partial charge in [0.25, 0.3) is 5.56 Å². The summed E-state index contributed by atoms with van der Waals surface area (Å²) in [5, 5.41) is 17.0. The molecule has 0 aliphatic rings. The third-order valence-corrected chi connectivity index (χ3v) is 2.49. The van der Waals surface area contributed by atoms with Crippen LogP contribution in [0.3, 0.4) is 0 Å². The molecule has 0 amide bonds. The SMILES string of the molecule is O=C(O)c1ccc(Nc2n[nH]c(=O)[nH]c2=O)c(Cl)c1. The van der Waals surface area contributed by atoms with Crippen LogP contribution in [-0.2, 0) is 0 Å². The van der Waals surface area contributed by atoms with E-state index in [4.69, 9.17) is 16.7 Å². The molecular weight excluding hydrogens is 276 g/mol. The number of aromatic amines is 2. The van der Waals surface area contributed by atoms with Gasteiger partial charge in [-0.1, -0.05) is 11.6 Å². The van der Waals surface area contributed by atoms with Gasteiger partial charge in [-0.05, 0) is 18.2 Å². The molecule has 0 unspecified atom stereocenters. The topological polar surface area (TPSA) is 128 Å². The van der Waals surface area contributed by atoms with Crippen molar-refractivity contribution in [2.24, 2.45) is 0 Å². The summed E-state index contributed by atoms with van der Waals surface area (Å²) in [5.41, 5.74) is -1.15. The van der Waals surface area contributed by atoms with Crippen LogP contribution in [0.2, 0.25) is 5.02 Å². The lowest BCUT2D eigenvalue weighted by atomic mass is 10.2. The maximum atomic E-state index is 11.4. The van der Waals surface area contributed by atoms with Crippen molar-refractivity contribution in [2.75, 3.05) is 5.32 Å². The minimum atomic E-state index is -1.12. The number of nitrogens with zero attached hydrogens (tertiary/aromatic N) is 1. The smallest absolute Gasteiger partial charge is 0.342 e. The Kier molecular flexibility index (Phi) is 3.34. The van der Waals surface area contributed by atoms with Gasteiger partial charge in [0.05, 0.1) is 16.3 Å². The van der Waals surface area contributed by atoms with Gasteiger partial charge in [-0.25, -0.2) is 14.7 Å². The molecule has 1 aromatic heterocycles. The average molecular weight is 283 g/mol. The second-order valence-corrected chi connectivity index (χ2v) is 3.89. The molecule has 1 aromatic carbocycles. The number of carbonyl (C=O) groups is 1. The highest BCUT2D eigenvalue weighted by atomic mass is 35.5. The zero-order valence-electron chi connectivity index (χ0n) is 9.23. The van der Waals surface area contributed by atoms with Crippen molar-refractivity contribution in [3.05, 3.63) is 49.6 Å². The van der Waals surface area contributed by atoms with E-state index < -0.39 is 17.2 Å². The van der Waals surface area contributed by atoms with Crippen LogP contribution < -0.4 is 16.6 Å². The van der Waals surface area contributed by atoms with Gasteiger partial charge < -0.3 is 10.4 Å². The zero-order valence-corrected chi connectivity index (χ0v) is 9.99. The predicted molar refractivity (Wildman–Crippen MR) is 67.2 cm³/mol. The summed E-state index contributed by atoms with van der Waals surface area (Å²) in [6.07, 6.45) is 0. The van der Waals surface area contributed by atoms with E-state index >= 15 is 0 Å². The van der Waals surface area contributed by atoms with Crippen LogP contribution in [0.1, 0.15) is 10.4 Å². The number of aromatic nitrogens is 3. The van der Waals surface area contributed by atoms with Gasteiger partial charge in [0.2, 0.25) is 5.82 Å². The number of rotatable bonds is 3. The van der Waals surface area contributed by atoms with Crippen molar-refractivity contribution in [3.63, 3.8) is 0 Å². The normalized spacial score (nSPS) is 10.2. The summed E-state index contributed by atoms with van der Waals surface area (Å²) in [6, 6.07) is 3.93. The van der Waals surface area contributed by atoms with Crippen LogP contribution >= 0.6 is 11.6 Å². The highest BCUT2D eigenvalue weighted by Crippen LogP contribution is 2.24. The van der Waals surface area contributed by atoms with Crippen molar-refractivity contribution < 1.29 is 9.90 Å². The third-order valence-electron chi connectivity index (χ3n) is 2.18. The molecule has 0 spiro atoms. The molecule has 0 aliphatic carbocycles. The van der Waals surface area contributed by atoms with Gasteiger partial charge in [-0.15, -0.1) is 5.10 Å². The van der Waals surface area contributed by atoms with Gasteiger partial charge >= 0.3 is 11.7 Å². The maximum absolute atomic E-state index is 11.4. The summed E-state index contributed by atoms with van der Waals surface area (Å²) >= 11 is 5.87. The first kappa shape index (κ1) is 12.8. The first-order chi connectivity index (χ1) is 8.97. The molecule has 2 aromatic rings. The molecule has 1 heterocycles. The van der Waals surface area contributed by atoms with E-state index in [9.17, 15) is 14.4 Å². The molecule has 8 nitrogen and oxygen atoms in total.